The van der Waals surface area contributed by atoms with Crippen molar-refractivity contribution in [2.75, 3.05) is 11.1 Å². The molecule has 1 N–H and O–H groups in total. The fraction of sp³-hybridized carbons (Fsp3) is 0.125. The fourth-order valence-electron chi connectivity index (χ4n) is 1.93. The first kappa shape index (κ1) is 17.5. The third-order valence-corrected chi connectivity index (χ3v) is 6.26. The van der Waals surface area contributed by atoms with Crippen LogP contribution in [-0.4, -0.2) is 21.6 Å². The Morgan fingerprint density at radius 2 is 2.12 bits per heavy atom. The molecule has 0 aliphatic heterocycles. The molecular weight excluding hydrogens is 379 g/mol. The van der Waals surface area contributed by atoms with Crippen LogP contribution >= 0.6 is 34.4 Å². The summed E-state index contributed by atoms with van der Waals surface area (Å²) in [6.07, 6.45) is 0. The van der Waals surface area contributed by atoms with Gasteiger partial charge < -0.3 is 0 Å². The maximum Gasteiger partial charge on any atom is 0.276 e. The van der Waals surface area contributed by atoms with E-state index >= 15 is 0 Å². The number of amides is 1. The number of carbonyl (C=O) groups is 1. The van der Waals surface area contributed by atoms with Gasteiger partial charge in [0.05, 0.1) is 21.7 Å². The summed E-state index contributed by atoms with van der Waals surface area (Å²) in [6.45, 7) is 1.83. The van der Waals surface area contributed by atoms with Crippen LogP contribution in [0.3, 0.4) is 0 Å². The van der Waals surface area contributed by atoms with Gasteiger partial charge in [0.25, 0.3) is 5.91 Å². The molecule has 0 aliphatic rings. The van der Waals surface area contributed by atoms with Crippen molar-refractivity contribution in [3.63, 3.8) is 0 Å². The first-order valence-corrected chi connectivity index (χ1v) is 9.75. The number of rotatable bonds is 5. The average Bonchev–Trinajstić information content (AvgIpc) is 3.21. The summed E-state index contributed by atoms with van der Waals surface area (Å²) in [5.41, 5.74) is 1.82. The number of aromatic nitrogens is 2. The Labute approximate surface area is 155 Å². The summed E-state index contributed by atoms with van der Waals surface area (Å²) >= 11 is 4.04. The quantitative estimate of drug-likeness (QED) is 0.645. The van der Waals surface area contributed by atoms with Gasteiger partial charge in [-0.3, -0.25) is 10.1 Å². The van der Waals surface area contributed by atoms with E-state index in [1.807, 2.05) is 6.92 Å². The minimum atomic E-state index is -0.352. The van der Waals surface area contributed by atoms with Crippen molar-refractivity contribution in [3.05, 3.63) is 46.9 Å². The van der Waals surface area contributed by atoms with Crippen LogP contribution in [0.1, 0.15) is 16.2 Å². The largest absolute Gasteiger partial charge is 0.296 e. The molecule has 25 heavy (non-hydrogen) atoms. The molecule has 126 valence electrons. The minimum absolute atomic E-state index is 0.281. The van der Waals surface area contributed by atoms with Crippen molar-refractivity contribution in [2.24, 2.45) is 0 Å². The first-order chi connectivity index (χ1) is 12.1. The molecule has 0 bridgehead atoms. The SMILES string of the molecule is Cc1nc(NC(=O)c2csc(-c3ccc(F)cc3)n2)sc1SCC#N. The molecule has 0 atom stereocenters. The van der Waals surface area contributed by atoms with Gasteiger partial charge in [0.15, 0.2) is 5.13 Å². The van der Waals surface area contributed by atoms with Crippen LogP contribution in [0.5, 0.6) is 0 Å². The van der Waals surface area contributed by atoms with E-state index in [2.05, 4.69) is 21.4 Å². The summed E-state index contributed by atoms with van der Waals surface area (Å²) in [7, 11) is 0. The molecule has 0 saturated carbocycles. The van der Waals surface area contributed by atoms with Crippen molar-refractivity contribution in [3.8, 4) is 16.6 Å². The monoisotopic (exact) mass is 390 g/mol. The Morgan fingerprint density at radius 1 is 1.36 bits per heavy atom. The number of aryl methyl sites for hydroxylation is 1. The predicted octanol–water partition coefficient (Wildman–Crippen LogP) is 4.58. The molecule has 2 aromatic heterocycles. The second-order valence-corrected chi connectivity index (χ2v) is 7.94. The number of benzene rings is 1. The van der Waals surface area contributed by atoms with Gasteiger partial charge in [-0.25, -0.2) is 14.4 Å². The molecule has 0 fully saturated rings. The highest BCUT2D eigenvalue weighted by molar-refractivity contribution is 8.01. The Bertz CT molecular complexity index is 943. The van der Waals surface area contributed by atoms with Crippen molar-refractivity contribution in [2.45, 2.75) is 11.1 Å². The number of thioether (sulfide) groups is 1. The zero-order valence-corrected chi connectivity index (χ0v) is 15.4. The van der Waals surface area contributed by atoms with Crippen molar-refractivity contribution in [1.29, 1.82) is 5.26 Å². The highest BCUT2D eigenvalue weighted by Crippen LogP contribution is 2.32. The van der Waals surface area contributed by atoms with E-state index in [1.165, 1.54) is 46.6 Å². The summed E-state index contributed by atoms with van der Waals surface area (Å²) < 4.78 is 13.9. The Balaban J connectivity index is 1.72. The number of nitrogens with zero attached hydrogens (tertiary/aromatic N) is 3. The van der Waals surface area contributed by atoms with Crippen LogP contribution in [0.2, 0.25) is 0 Å². The Kier molecular flexibility index (Phi) is 5.43. The van der Waals surface area contributed by atoms with E-state index in [1.54, 1.807) is 17.5 Å². The van der Waals surface area contributed by atoms with Crippen LogP contribution in [0, 0.1) is 24.1 Å². The zero-order valence-electron chi connectivity index (χ0n) is 12.9. The van der Waals surface area contributed by atoms with Gasteiger partial charge >= 0.3 is 0 Å². The van der Waals surface area contributed by atoms with Crippen LogP contribution in [0.15, 0.2) is 33.9 Å². The molecule has 0 saturated heterocycles. The van der Waals surface area contributed by atoms with Gasteiger partial charge in [-0.1, -0.05) is 23.1 Å². The highest BCUT2D eigenvalue weighted by Gasteiger charge is 2.15. The lowest BCUT2D eigenvalue weighted by Gasteiger charge is -1.98. The van der Waals surface area contributed by atoms with Gasteiger partial charge in [-0.2, -0.15) is 5.26 Å². The summed E-state index contributed by atoms with van der Waals surface area (Å²) in [4.78, 5) is 20.9. The Morgan fingerprint density at radius 3 is 2.84 bits per heavy atom. The number of anilines is 1. The molecular formula is C16H11FN4OS3. The molecule has 0 aliphatic carbocycles. The molecule has 0 radical (unpaired) electrons. The smallest absolute Gasteiger partial charge is 0.276 e. The van der Waals surface area contributed by atoms with Crippen molar-refractivity contribution < 1.29 is 9.18 Å². The molecule has 5 nitrogen and oxygen atoms in total. The maximum atomic E-state index is 13.0. The molecule has 2 heterocycles. The van der Waals surface area contributed by atoms with Crippen LogP contribution in [0.25, 0.3) is 10.6 Å². The van der Waals surface area contributed by atoms with Crippen molar-refractivity contribution >= 4 is 45.5 Å². The molecule has 3 aromatic rings. The number of carbonyl (C=O) groups excluding carboxylic acids is 1. The second-order valence-electron chi connectivity index (χ2n) is 4.84. The van der Waals surface area contributed by atoms with E-state index < -0.39 is 0 Å². The van der Waals surface area contributed by atoms with E-state index in [0.29, 0.717) is 15.9 Å². The summed E-state index contributed by atoms with van der Waals surface area (Å²) in [6, 6.07) is 8.02. The highest BCUT2D eigenvalue weighted by atomic mass is 32.2. The molecule has 1 amide bonds. The van der Waals surface area contributed by atoms with E-state index in [-0.39, 0.29) is 17.4 Å². The summed E-state index contributed by atoms with van der Waals surface area (Å²) in [5, 5.41) is 14.1. The second kappa shape index (κ2) is 7.74. The molecule has 1 aromatic carbocycles. The number of hydrogen-bond donors (Lipinski definition) is 1. The van der Waals surface area contributed by atoms with Crippen LogP contribution < -0.4 is 5.32 Å². The standard InChI is InChI=1S/C16H11FN4OS3/c1-9-15(23-7-6-18)25-16(19-9)21-13(22)12-8-24-14(20-12)10-2-4-11(17)5-3-10/h2-5,8H,7H2,1H3,(H,19,21,22). The number of nitriles is 1. The topological polar surface area (TPSA) is 78.7 Å². The average molecular weight is 390 g/mol. The number of thiazole rings is 2. The molecule has 9 heteroatoms. The van der Waals surface area contributed by atoms with Crippen LogP contribution in [-0.2, 0) is 0 Å². The van der Waals surface area contributed by atoms with Gasteiger partial charge in [0.2, 0.25) is 0 Å². The lowest BCUT2D eigenvalue weighted by Crippen LogP contribution is -2.12. The van der Waals surface area contributed by atoms with E-state index in [4.69, 9.17) is 5.26 Å². The normalized spacial score (nSPS) is 10.4. The number of halogens is 1. The van der Waals surface area contributed by atoms with Gasteiger partial charge in [-0.15, -0.1) is 11.3 Å². The molecule has 0 spiro atoms. The Hall–Kier alpha value is -2.28. The summed E-state index contributed by atoms with van der Waals surface area (Å²) in [5.74, 6) is -0.332. The predicted molar refractivity (Wildman–Crippen MR) is 98.6 cm³/mol. The molecule has 3 rings (SSSR count). The van der Waals surface area contributed by atoms with E-state index in [0.717, 1.165) is 15.5 Å². The van der Waals surface area contributed by atoms with Crippen LogP contribution in [0.4, 0.5) is 9.52 Å². The third-order valence-electron chi connectivity index (χ3n) is 3.07. The van der Waals surface area contributed by atoms with E-state index in [9.17, 15) is 9.18 Å². The maximum absolute atomic E-state index is 13.0. The third kappa shape index (κ3) is 4.22. The minimum Gasteiger partial charge on any atom is -0.296 e. The molecule has 0 unspecified atom stereocenters. The van der Waals surface area contributed by atoms with Gasteiger partial charge in [0.1, 0.15) is 16.5 Å². The van der Waals surface area contributed by atoms with Gasteiger partial charge in [-0.05, 0) is 31.2 Å². The lowest BCUT2D eigenvalue weighted by atomic mass is 10.2. The first-order valence-electron chi connectivity index (χ1n) is 7.07. The number of hydrogen-bond acceptors (Lipinski definition) is 7. The fourth-order valence-corrected chi connectivity index (χ4v) is 4.53. The zero-order chi connectivity index (χ0) is 17.8. The van der Waals surface area contributed by atoms with Crippen molar-refractivity contribution in [1.82, 2.24) is 9.97 Å². The van der Waals surface area contributed by atoms with Gasteiger partial charge in [0, 0.05) is 10.9 Å². The lowest BCUT2D eigenvalue weighted by molar-refractivity contribution is 0.102. The number of nitrogens with one attached hydrogen (secondary N) is 1.